The normalized spacial score (nSPS) is 21.5. The molecule has 2 aliphatic rings. The molecule has 2 heterocycles. The molecule has 27 heavy (non-hydrogen) atoms. The highest BCUT2D eigenvalue weighted by molar-refractivity contribution is 7.99. The zero-order chi connectivity index (χ0) is 19.1. The number of hydrogen-bond donors (Lipinski definition) is 1. The third kappa shape index (κ3) is 6.64. The van der Waals surface area contributed by atoms with Gasteiger partial charge in [-0.15, -0.1) is 0 Å². The van der Waals surface area contributed by atoms with E-state index in [0.29, 0.717) is 19.2 Å². The van der Waals surface area contributed by atoms with E-state index in [9.17, 15) is 5.11 Å². The van der Waals surface area contributed by atoms with Crippen molar-refractivity contribution in [1.82, 2.24) is 14.7 Å². The molecule has 2 aliphatic heterocycles. The predicted octanol–water partition coefficient (Wildman–Crippen LogP) is 2.00. The predicted molar refractivity (Wildman–Crippen MR) is 114 cm³/mol. The lowest BCUT2D eigenvalue weighted by atomic mass is 10.0. The third-order valence-electron chi connectivity index (χ3n) is 5.66. The second-order valence-corrected chi connectivity index (χ2v) is 9.18. The van der Waals surface area contributed by atoms with Gasteiger partial charge >= 0.3 is 0 Å². The van der Waals surface area contributed by atoms with Crippen LogP contribution in [0.2, 0.25) is 0 Å². The minimum absolute atomic E-state index is 0.364. The molecule has 1 aromatic carbocycles. The first kappa shape index (κ1) is 20.9. The molecular formula is C21H35N3O2S. The van der Waals surface area contributed by atoms with Crippen molar-refractivity contribution in [3.05, 3.63) is 29.8 Å². The van der Waals surface area contributed by atoms with Gasteiger partial charge in [-0.3, -0.25) is 9.80 Å². The number of nitrogens with zero attached hydrogens (tertiary/aromatic N) is 3. The van der Waals surface area contributed by atoms with Crippen molar-refractivity contribution < 1.29 is 9.84 Å². The smallest absolute Gasteiger partial charge is 0.123 e. The fourth-order valence-corrected chi connectivity index (χ4v) is 4.91. The van der Waals surface area contributed by atoms with Crippen LogP contribution >= 0.6 is 11.8 Å². The number of piperidine rings is 1. The van der Waals surface area contributed by atoms with Gasteiger partial charge in [0, 0.05) is 49.3 Å². The number of aliphatic hydroxyl groups excluding tert-OH is 1. The number of β-amino-alcohol motifs (C(OH)–C–C–N with tert-alkyl or cyclic N) is 1. The first-order valence-electron chi connectivity index (χ1n) is 10.2. The van der Waals surface area contributed by atoms with E-state index >= 15 is 0 Å². The Morgan fingerprint density at radius 2 is 1.81 bits per heavy atom. The SMILES string of the molecule is CN(C)C1CCN(Cc2ccccc2OC[C@@H](O)CN2CCSCC2)CC1. The molecule has 0 saturated carbocycles. The Labute approximate surface area is 168 Å². The molecule has 1 N–H and O–H groups in total. The maximum absolute atomic E-state index is 10.4. The Hall–Kier alpha value is -0.790. The van der Waals surface area contributed by atoms with Crippen LogP contribution in [-0.4, -0.2) is 96.9 Å². The fraction of sp³-hybridized carbons (Fsp3) is 0.714. The highest BCUT2D eigenvalue weighted by atomic mass is 32.2. The van der Waals surface area contributed by atoms with E-state index < -0.39 is 6.10 Å². The summed E-state index contributed by atoms with van der Waals surface area (Å²) in [5, 5.41) is 10.4. The summed E-state index contributed by atoms with van der Waals surface area (Å²) in [7, 11) is 4.36. The van der Waals surface area contributed by atoms with Crippen LogP contribution in [0.1, 0.15) is 18.4 Å². The van der Waals surface area contributed by atoms with Crippen molar-refractivity contribution in [1.29, 1.82) is 0 Å². The molecule has 6 heteroatoms. The molecule has 0 unspecified atom stereocenters. The van der Waals surface area contributed by atoms with Gasteiger partial charge in [-0.05, 0) is 46.1 Å². The number of para-hydroxylation sites is 1. The number of aliphatic hydroxyl groups is 1. The largest absolute Gasteiger partial charge is 0.491 e. The quantitative estimate of drug-likeness (QED) is 0.728. The van der Waals surface area contributed by atoms with Crippen molar-refractivity contribution in [3.63, 3.8) is 0 Å². The molecule has 0 spiro atoms. The van der Waals surface area contributed by atoms with E-state index in [2.05, 4.69) is 40.9 Å². The van der Waals surface area contributed by atoms with Crippen LogP contribution in [-0.2, 0) is 6.54 Å². The molecular weight excluding hydrogens is 358 g/mol. The molecule has 0 radical (unpaired) electrons. The summed E-state index contributed by atoms with van der Waals surface area (Å²) >= 11 is 1.99. The second kappa shape index (κ2) is 10.7. The molecule has 152 valence electrons. The molecule has 5 nitrogen and oxygen atoms in total. The number of likely N-dealkylation sites (tertiary alicyclic amines) is 1. The summed E-state index contributed by atoms with van der Waals surface area (Å²) in [6.45, 7) is 6.40. The standard InChI is InChI=1S/C21H35N3O2S/c1-22(2)19-7-9-23(10-8-19)15-18-5-3-4-6-21(18)26-17-20(25)16-24-11-13-27-14-12-24/h3-6,19-20,25H,7-17H2,1-2H3/t20-/m0/s1. The van der Waals surface area contributed by atoms with Gasteiger partial charge < -0.3 is 14.7 Å². The monoisotopic (exact) mass is 393 g/mol. The zero-order valence-electron chi connectivity index (χ0n) is 16.8. The second-order valence-electron chi connectivity index (χ2n) is 7.96. The van der Waals surface area contributed by atoms with Gasteiger partial charge in [0.2, 0.25) is 0 Å². The number of thioether (sulfide) groups is 1. The Kier molecular flexibility index (Phi) is 8.27. The number of ether oxygens (including phenoxy) is 1. The maximum atomic E-state index is 10.4. The van der Waals surface area contributed by atoms with Gasteiger partial charge in [-0.2, -0.15) is 11.8 Å². The summed E-state index contributed by atoms with van der Waals surface area (Å²) in [6.07, 6.45) is 2.02. The topological polar surface area (TPSA) is 39.2 Å². The molecule has 3 rings (SSSR count). The summed E-state index contributed by atoms with van der Waals surface area (Å²) in [5.74, 6) is 3.25. The molecule has 2 saturated heterocycles. The van der Waals surface area contributed by atoms with Gasteiger partial charge in [-0.25, -0.2) is 0 Å². The first-order valence-corrected chi connectivity index (χ1v) is 11.3. The van der Waals surface area contributed by atoms with E-state index in [-0.39, 0.29) is 0 Å². The average Bonchev–Trinajstić information content (AvgIpc) is 2.68. The molecule has 0 aromatic heterocycles. The Bertz CT molecular complexity index is 558. The first-order chi connectivity index (χ1) is 13.1. The van der Waals surface area contributed by atoms with Crippen LogP contribution in [0, 0.1) is 0 Å². The van der Waals surface area contributed by atoms with Crippen LogP contribution < -0.4 is 4.74 Å². The van der Waals surface area contributed by atoms with Gasteiger partial charge in [0.1, 0.15) is 18.5 Å². The molecule has 1 aromatic rings. The van der Waals surface area contributed by atoms with E-state index in [1.807, 2.05) is 23.9 Å². The Morgan fingerprint density at radius 3 is 2.52 bits per heavy atom. The van der Waals surface area contributed by atoms with Crippen LogP contribution in [0.4, 0.5) is 0 Å². The molecule has 1 atom stereocenters. The minimum atomic E-state index is -0.433. The lowest BCUT2D eigenvalue weighted by Gasteiger charge is -2.35. The van der Waals surface area contributed by atoms with E-state index in [0.717, 1.165) is 38.5 Å². The summed E-state index contributed by atoms with van der Waals surface area (Å²) in [5.41, 5.74) is 1.22. The van der Waals surface area contributed by atoms with Crippen molar-refractivity contribution in [2.45, 2.75) is 31.5 Å². The van der Waals surface area contributed by atoms with Crippen LogP contribution in [0.5, 0.6) is 5.75 Å². The lowest BCUT2D eigenvalue weighted by Crippen LogP contribution is -2.41. The number of rotatable bonds is 8. The Balaban J connectivity index is 1.47. The van der Waals surface area contributed by atoms with Crippen LogP contribution in [0.25, 0.3) is 0 Å². The molecule has 2 fully saturated rings. The Morgan fingerprint density at radius 1 is 1.11 bits per heavy atom. The van der Waals surface area contributed by atoms with Crippen LogP contribution in [0.3, 0.4) is 0 Å². The summed E-state index contributed by atoms with van der Waals surface area (Å²) < 4.78 is 6.02. The van der Waals surface area contributed by atoms with Crippen molar-refractivity contribution in [2.75, 3.05) is 64.9 Å². The summed E-state index contributed by atoms with van der Waals surface area (Å²) in [6, 6.07) is 8.99. The van der Waals surface area contributed by atoms with E-state index in [4.69, 9.17) is 4.74 Å². The average molecular weight is 394 g/mol. The number of benzene rings is 1. The number of hydrogen-bond acceptors (Lipinski definition) is 6. The molecule has 0 aliphatic carbocycles. The molecule has 0 bridgehead atoms. The van der Waals surface area contributed by atoms with E-state index in [1.54, 1.807) is 0 Å². The van der Waals surface area contributed by atoms with E-state index in [1.165, 1.54) is 29.9 Å². The summed E-state index contributed by atoms with van der Waals surface area (Å²) in [4.78, 5) is 7.20. The van der Waals surface area contributed by atoms with Crippen LogP contribution in [0.15, 0.2) is 24.3 Å². The van der Waals surface area contributed by atoms with Gasteiger partial charge in [-0.1, -0.05) is 18.2 Å². The van der Waals surface area contributed by atoms with Crippen molar-refractivity contribution >= 4 is 11.8 Å². The van der Waals surface area contributed by atoms with Gasteiger partial charge in [0.05, 0.1) is 0 Å². The zero-order valence-corrected chi connectivity index (χ0v) is 17.7. The third-order valence-corrected chi connectivity index (χ3v) is 6.60. The maximum Gasteiger partial charge on any atom is 0.123 e. The lowest BCUT2D eigenvalue weighted by molar-refractivity contribution is 0.0705. The highest BCUT2D eigenvalue weighted by Crippen LogP contribution is 2.23. The minimum Gasteiger partial charge on any atom is -0.491 e. The van der Waals surface area contributed by atoms with Crippen molar-refractivity contribution in [3.8, 4) is 5.75 Å². The van der Waals surface area contributed by atoms with Gasteiger partial charge in [0.15, 0.2) is 0 Å². The van der Waals surface area contributed by atoms with Crippen molar-refractivity contribution in [2.24, 2.45) is 0 Å². The highest BCUT2D eigenvalue weighted by Gasteiger charge is 2.21. The van der Waals surface area contributed by atoms with Gasteiger partial charge in [0.25, 0.3) is 0 Å². The molecule has 0 amide bonds. The fourth-order valence-electron chi connectivity index (χ4n) is 3.93.